The van der Waals surface area contributed by atoms with Gasteiger partial charge in [0.05, 0.1) is 5.92 Å². The van der Waals surface area contributed by atoms with E-state index >= 15 is 0 Å². The van der Waals surface area contributed by atoms with E-state index in [0.29, 0.717) is 28.7 Å². The van der Waals surface area contributed by atoms with Gasteiger partial charge in [-0.05, 0) is 60.7 Å². The van der Waals surface area contributed by atoms with Crippen molar-refractivity contribution in [1.82, 2.24) is 4.90 Å². The number of hydrogen-bond donors (Lipinski definition) is 0. The molecular weight excluding hydrogens is 346 g/mol. The summed E-state index contributed by atoms with van der Waals surface area (Å²) >= 11 is 0. The molecule has 0 radical (unpaired) electrons. The zero-order valence-corrected chi connectivity index (χ0v) is 18.6. The summed E-state index contributed by atoms with van der Waals surface area (Å²) in [7, 11) is 0. The molecule has 2 heterocycles. The van der Waals surface area contributed by atoms with E-state index in [1.807, 2.05) is 0 Å². The Bertz CT molecular complexity index is 711. The van der Waals surface area contributed by atoms with Gasteiger partial charge in [0.15, 0.2) is 0 Å². The van der Waals surface area contributed by atoms with Crippen LogP contribution in [0.25, 0.3) is 0 Å². The molecule has 2 bridgehead atoms. The van der Waals surface area contributed by atoms with Gasteiger partial charge in [-0.15, -0.1) is 0 Å². The van der Waals surface area contributed by atoms with Gasteiger partial charge < -0.3 is 4.74 Å². The van der Waals surface area contributed by atoms with E-state index in [-0.39, 0.29) is 23.4 Å². The van der Waals surface area contributed by atoms with Crippen LogP contribution in [0.4, 0.5) is 0 Å². The average molecular weight is 386 g/mol. The molecule has 0 aromatic heterocycles. The Labute approximate surface area is 171 Å². The van der Waals surface area contributed by atoms with E-state index < -0.39 is 0 Å². The monoisotopic (exact) mass is 385 g/mol. The molecule has 4 fully saturated rings. The number of fused-ring (bicyclic) bond motifs is 4. The van der Waals surface area contributed by atoms with Crippen LogP contribution in [0.1, 0.15) is 79.6 Å². The number of esters is 1. The molecule has 3 aliphatic carbocycles. The first kappa shape index (κ1) is 19.2. The van der Waals surface area contributed by atoms with Crippen molar-refractivity contribution in [2.24, 2.45) is 34.0 Å². The van der Waals surface area contributed by atoms with E-state index in [2.05, 4.69) is 45.6 Å². The minimum Gasteiger partial charge on any atom is -0.461 e. The summed E-state index contributed by atoms with van der Waals surface area (Å²) in [6.07, 6.45) is 11.5. The summed E-state index contributed by atoms with van der Waals surface area (Å²) in [5.74, 6) is 1.09. The highest BCUT2D eigenvalue weighted by molar-refractivity contribution is 5.76. The Hall–Kier alpha value is -0.830. The maximum Gasteiger partial charge on any atom is 0.311 e. The van der Waals surface area contributed by atoms with Crippen molar-refractivity contribution < 1.29 is 9.53 Å². The molecule has 2 saturated heterocycles. The Kier molecular flexibility index (Phi) is 4.17. The number of ether oxygens (including phenoxy) is 1. The van der Waals surface area contributed by atoms with Crippen LogP contribution in [-0.4, -0.2) is 36.1 Å². The van der Waals surface area contributed by atoms with Crippen molar-refractivity contribution in [2.75, 3.05) is 13.1 Å². The van der Waals surface area contributed by atoms with E-state index in [1.165, 1.54) is 38.5 Å². The molecule has 0 aromatic rings. The zero-order chi connectivity index (χ0) is 19.9. The van der Waals surface area contributed by atoms with Crippen LogP contribution in [0.3, 0.4) is 0 Å². The molecule has 7 atom stereocenters. The lowest BCUT2D eigenvalue weighted by Crippen LogP contribution is -2.42. The lowest BCUT2D eigenvalue weighted by molar-refractivity contribution is -0.145. The smallest absolute Gasteiger partial charge is 0.311 e. The number of rotatable bonds is 2. The summed E-state index contributed by atoms with van der Waals surface area (Å²) in [6, 6.07) is 0.649. The van der Waals surface area contributed by atoms with E-state index in [1.54, 1.807) is 5.57 Å². The third-order valence-corrected chi connectivity index (χ3v) is 9.04. The predicted octanol–water partition coefficient (Wildman–Crippen LogP) is 5.20. The Morgan fingerprint density at radius 2 is 1.96 bits per heavy atom. The molecule has 7 unspecified atom stereocenters. The fourth-order valence-electron chi connectivity index (χ4n) is 8.30. The molecule has 28 heavy (non-hydrogen) atoms. The highest BCUT2D eigenvalue weighted by atomic mass is 16.6. The molecule has 0 spiro atoms. The van der Waals surface area contributed by atoms with Crippen LogP contribution in [0, 0.1) is 34.0 Å². The van der Waals surface area contributed by atoms with Gasteiger partial charge in [0, 0.05) is 25.0 Å². The minimum atomic E-state index is 0.0437. The Balaban J connectivity index is 1.39. The Morgan fingerprint density at radius 1 is 1.18 bits per heavy atom. The summed E-state index contributed by atoms with van der Waals surface area (Å²) in [5, 5.41) is 0. The molecule has 3 heteroatoms. The molecule has 0 N–H and O–H groups in total. The lowest BCUT2D eigenvalue weighted by atomic mass is 9.59. The molecule has 0 amide bonds. The normalized spacial score (nSPS) is 50.0. The van der Waals surface area contributed by atoms with Crippen molar-refractivity contribution in [3.8, 4) is 0 Å². The van der Waals surface area contributed by atoms with Crippen LogP contribution in [-0.2, 0) is 9.53 Å². The zero-order valence-electron chi connectivity index (χ0n) is 18.6. The number of carbonyl (C=O) groups excluding carboxylic acids is 1. The van der Waals surface area contributed by atoms with Gasteiger partial charge in [0.2, 0.25) is 0 Å². The molecule has 156 valence electrons. The second-order valence-corrected chi connectivity index (χ2v) is 12.5. The van der Waals surface area contributed by atoms with Crippen molar-refractivity contribution in [2.45, 2.75) is 91.7 Å². The first-order valence-electron chi connectivity index (χ1n) is 11.7. The number of likely N-dealkylation sites (tertiary alicyclic amines) is 1. The molecule has 5 aliphatic rings. The first-order chi connectivity index (χ1) is 13.1. The molecular formula is C25H39NO2. The van der Waals surface area contributed by atoms with Gasteiger partial charge in [0.25, 0.3) is 0 Å². The second-order valence-electron chi connectivity index (χ2n) is 12.5. The highest BCUT2D eigenvalue weighted by Gasteiger charge is 2.55. The topological polar surface area (TPSA) is 29.5 Å². The predicted molar refractivity (Wildman–Crippen MR) is 112 cm³/mol. The largest absolute Gasteiger partial charge is 0.461 e. The average Bonchev–Trinajstić information content (AvgIpc) is 2.97. The van der Waals surface area contributed by atoms with Gasteiger partial charge >= 0.3 is 5.97 Å². The quantitative estimate of drug-likeness (QED) is 0.483. The number of allylic oxidation sites excluding steroid dienone is 1. The summed E-state index contributed by atoms with van der Waals surface area (Å²) < 4.78 is 6.00. The van der Waals surface area contributed by atoms with Crippen LogP contribution in [0.15, 0.2) is 11.6 Å². The van der Waals surface area contributed by atoms with Gasteiger partial charge in [-0.2, -0.15) is 0 Å². The van der Waals surface area contributed by atoms with Crippen molar-refractivity contribution in [3.05, 3.63) is 11.6 Å². The van der Waals surface area contributed by atoms with E-state index in [9.17, 15) is 4.79 Å². The van der Waals surface area contributed by atoms with Crippen molar-refractivity contribution >= 4 is 5.97 Å². The van der Waals surface area contributed by atoms with Gasteiger partial charge in [0.1, 0.15) is 6.10 Å². The molecule has 0 aromatic carbocycles. The summed E-state index contributed by atoms with van der Waals surface area (Å²) in [6.45, 7) is 14.2. The van der Waals surface area contributed by atoms with E-state index in [0.717, 1.165) is 19.5 Å². The molecule has 3 nitrogen and oxygen atoms in total. The maximum absolute atomic E-state index is 12.9. The number of carbonyl (C=O) groups is 1. The standard InChI is InChI=1S/C25H39NO2/c1-16-7-6-8-25(5)12-21-18(9-20(16)25)19(22(27)28-21)13-26-15-24(4)11-17(26)10-23(2,3)14-24/h9,16-19,21H,6-8,10-15H2,1-5H3. The number of nitrogens with zero attached hydrogens (tertiary/aromatic N) is 1. The second kappa shape index (κ2) is 6.09. The summed E-state index contributed by atoms with van der Waals surface area (Å²) in [4.78, 5) is 15.6. The van der Waals surface area contributed by atoms with Gasteiger partial charge in [-0.1, -0.05) is 52.7 Å². The number of hydrogen-bond acceptors (Lipinski definition) is 3. The van der Waals surface area contributed by atoms with Crippen LogP contribution in [0.2, 0.25) is 0 Å². The fourth-order valence-corrected chi connectivity index (χ4v) is 8.30. The van der Waals surface area contributed by atoms with Gasteiger partial charge in [-0.25, -0.2) is 0 Å². The fraction of sp³-hybridized carbons (Fsp3) is 0.880. The SMILES string of the molecule is CC1CCCC2(C)CC3OC(=O)C(CN4CC5(C)CC4CC(C)(C)C5)C3C=C12. The molecule has 2 saturated carbocycles. The highest BCUT2D eigenvalue weighted by Crippen LogP contribution is 2.56. The first-order valence-corrected chi connectivity index (χ1v) is 11.7. The minimum absolute atomic E-state index is 0.0437. The lowest BCUT2D eigenvalue weighted by Gasteiger charge is -2.46. The molecule has 2 aliphatic heterocycles. The van der Waals surface area contributed by atoms with Crippen molar-refractivity contribution in [3.63, 3.8) is 0 Å². The van der Waals surface area contributed by atoms with Gasteiger partial charge in [-0.3, -0.25) is 9.69 Å². The maximum atomic E-state index is 12.9. The summed E-state index contributed by atoms with van der Waals surface area (Å²) in [5.41, 5.74) is 2.75. The molecule has 5 rings (SSSR count). The van der Waals surface area contributed by atoms with E-state index in [4.69, 9.17) is 4.74 Å². The third-order valence-electron chi connectivity index (χ3n) is 9.04. The van der Waals surface area contributed by atoms with Crippen LogP contribution < -0.4 is 0 Å². The Morgan fingerprint density at radius 3 is 2.75 bits per heavy atom. The third kappa shape index (κ3) is 2.99. The van der Waals surface area contributed by atoms with Crippen LogP contribution in [0.5, 0.6) is 0 Å². The van der Waals surface area contributed by atoms with Crippen molar-refractivity contribution in [1.29, 1.82) is 0 Å². The van der Waals surface area contributed by atoms with Crippen LogP contribution >= 0.6 is 0 Å².